The Morgan fingerprint density at radius 2 is 1.67 bits per heavy atom. The first-order valence-electron chi connectivity index (χ1n) is 13.9. The molecule has 232 valence electrons. The minimum Gasteiger partial charge on any atom is -0.351 e. The second kappa shape index (κ2) is 15.6. The molecule has 13 nitrogen and oxygen atoms in total. The Labute approximate surface area is 256 Å². The average Bonchev–Trinajstić information content (AvgIpc) is 3.45. The molecule has 1 aliphatic heterocycles. The molecule has 0 spiro atoms. The third-order valence-corrected chi connectivity index (χ3v) is 9.59. The van der Waals surface area contributed by atoms with Crippen LogP contribution in [0.2, 0.25) is 0 Å². The van der Waals surface area contributed by atoms with Crippen LogP contribution < -0.4 is 0 Å². The zero-order valence-electron chi connectivity index (χ0n) is 24.7. The van der Waals surface area contributed by atoms with Gasteiger partial charge in [-0.05, 0) is 43.5 Å². The zero-order valence-corrected chi connectivity index (χ0v) is 26.4. The van der Waals surface area contributed by atoms with Crippen molar-refractivity contribution < 1.29 is 22.9 Å². The van der Waals surface area contributed by atoms with E-state index >= 15 is 0 Å². The molecule has 0 radical (unpaired) electrons. The first-order valence-corrected chi connectivity index (χ1v) is 16.3. The maximum absolute atomic E-state index is 13.1. The molecule has 1 fully saturated rings. The van der Waals surface area contributed by atoms with Gasteiger partial charge in [-0.25, -0.2) is 8.42 Å². The summed E-state index contributed by atoms with van der Waals surface area (Å²) in [7, 11) is -0.331. The van der Waals surface area contributed by atoms with Crippen molar-refractivity contribution in [1.82, 2.24) is 28.9 Å². The third-order valence-electron chi connectivity index (χ3n) is 6.63. The summed E-state index contributed by atoms with van der Waals surface area (Å²) >= 11 is 1.23. The number of carbonyl (C=O) groups is 2. The van der Waals surface area contributed by atoms with E-state index in [4.69, 9.17) is 0 Å². The molecule has 0 N–H and O–H groups in total. The van der Waals surface area contributed by atoms with E-state index in [0.717, 1.165) is 38.8 Å². The SMILES string of the molecule is CCN(CC)S(=O)(=O)c1cccc(-c2nnc(SCC(=O)N3CCCCC3)n2-c2ccc([N+](=O)[O-])cc2)c1.CN(C)C=O. The van der Waals surface area contributed by atoms with E-state index in [0.29, 0.717) is 35.3 Å². The van der Waals surface area contributed by atoms with Crippen LogP contribution in [0.3, 0.4) is 0 Å². The van der Waals surface area contributed by atoms with Gasteiger partial charge in [0.25, 0.3) is 5.69 Å². The molecule has 4 rings (SSSR count). The van der Waals surface area contributed by atoms with Crippen molar-refractivity contribution in [2.24, 2.45) is 0 Å². The normalized spacial score (nSPS) is 13.3. The number of non-ortho nitro benzene ring substituents is 1. The fraction of sp³-hybridized carbons (Fsp3) is 0.429. The standard InChI is InChI=1S/C25H30N6O5S2.C3H7NO/c1-3-29(4-2)38(35,36)22-10-8-9-19(17-22)24-26-27-25(37-18-23(32)28-15-6-5-7-16-28)30(24)20-11-13-21(14-12-20)31(33)34;1-4(2)3-5/h8-14,17H,3-7,15-16,18H2,1-2H3;3H,1-2H3. The number of aromatic nitrogens is 3. The van der Waals surface area contributed by atoms with E-state index < -0.39 is 14.9 Å². The van der Waals surface area contributed by atoms with Crippen LogP contribution in [0.5, 0.6) is 0 Å². The lowest BCUT2D eigenvalue weighted by Gasteiger charge is -2.26. The van der Waals surface area contributed by atoms with Crippen LogP contribution in [-0.2, 0) is 19.6 Å². The molecule has 43 heavy (non-hydrogen) atoms. The first-order chi connectivity index (χ1) is 20.5. The van der Waals surface area contributed by atoms with E-state index in [1.54, 1.807) is 62.8 Å². The second-order valence-corrected chi connectivity index (χ2v) is 12.7. The van der Waals surface area contributed by atoms with Gasteiger partial charge in [0, 0.05) is 58.0 Å². The minimum absolute atomic E-state index is 0.0156. The maximum atomic E-state index is 13.1. The molecule has 1 saturated heterocycles. The summed E-state index contributed by atoms with van der Waals surface area (Å²) < 4.78 is 29.4. The molecular formula is C28H37N7O6S2. The number of nitrogens with zero attached hydrogens (tertiary/aromatic N) is 7. The van der Waals surface area contributed by atoms with E-state index in [1.807, 2.05) is 4.90 Å². The Bertz CT molecular complexity index is 1500. The van der Waals surface area contributed by atoms with Crippen molar-refractivity contribution >= 4 is 39.8 Å². The van der Waals surface area contributed by atoms with Gasteiger partial charge >= 0.3 is 0 Å². The molecule has 0 atom stereocenters. The van der Waals surface area contributed by atoms with Gasteiger partial charge in [0.2, 0.25) is 22.3 Å². The summed E-state index contributed by atoms with van der Waals surface area (Å²) in [6.07, 6.45) is 3.86. The molecule has 0 unspecified atom stereocenters. The third kappa shape index (κ3) is 8.61. The molecule has 2 amide bonds. The number of carbonyl (C=O) groups excluding carboxylic acids is 2. The highest BCUT2D eigenvalue weighted by Crippen LogP contribution is 2.31. The molecule has 0 aliphatic carbocycles. The van der Waals surface area contributed by atoms with Crippen molar-refractivity contribution in [3.8, 4) is 17.1 Å². The average molecular weight is 632 g/mol. The van der Waals surface area contributed by atoms with Gasteiger partial charge in [-0.1, -0.05) is 37.7 Å². The number of benzene rings is 2. The Morgan fingerprint density at radius 1 is 1.05 bits per heavy atom. The molecule has 3 aromatic rings. The van der Waals surface area contributed by atoms with Crippen LogP contribution in [0.1, 0.15) is 33.1 Å². The van der Waals surface area contributed by atoms with E-state index in [-0.39, 0.29) is 22.2 Å². The summed E-state index contributed by atoms with van der Waals surface area (Å²) in [5, 5.41) is 20.3. The summed E-state index contributed by atoms with van der Waals surface area (Å²) in [6, 6.07) is 12.4. The Hall–Kier alpha value is -3.82. The first kappa shape index (κ1) is 33.7. The molecule has 2 heterocycles. The predicted molar refractivity (Wildman–Crippen MR) is 164 cm³/mol. The molecule has 2 aromatic carbocycles. The van der Waals surface area contributed by atoms with Crippen molar-refractivity contribution in [3.05, 3.63) is 58.6 Å². The largest absolute Gasteiger partial charge is 0.351 e. The zero-order chi connectivity index (χ0) is 31.6. The number of likely N-dealkylation sites (tertiary alicyclic amines) is 1. The van der Waals surface area contributed by atoms with Crippen LogP contribution in [0.4, 0.5) is 5.69 Å². The van der Waals surface area contributed by atoms with Crippen LogP contribution >= 0.6 is 11.8 Å². The van der Waals surface area contributed by atoms with Crippen LogP contribution in [0.25, 0.3) is 17.1 Å². The number of nitro groups is 1. The van der Waals surface area contributed by atoms with Crippen LogP contribution in [-0.4, -0.2) is 101 Å². The summed E-state index contributed by atoms with van der Waals surface area (Å²) in [4.78, 5) is 36.4. The lowest BCUT2D eigenvalue weighted by Crippen LogP contribution is -2.36. The van der Waals surface area contributed by atoms with Crippen LogP contribution in [0, 0.1) is 10.1 Å². The van der Waals surface area contributed by atoms with Gasteiger partial charge in [0.1, 0.15) is 0 Å². The number of piperidine rings is 1. The molecule has 0 saturated carbocycles. The van der Waals surface area contributed by atoms with Crippen molar-refractivity contribution in [3.63, 3.8) is 0 Å². The second-order valence-electron chi connectivity index (χ2n) is 9.83. The van der Waals surface area contributed by atoms with Gasteiger partial charge in [0.05, 0.1) is 21.3 Å². The number of amides is 2. The van der Waals surface area contributed by atoms with Gasteiger partial charge in [-0.3, -0.25) is 24.3 Å². The minimum atomic E-state index is -3.71. The van der Waals surface area contributed by atoms with E-state index in [2.05, 4.69) is 10.2 Å². The molecular weight excluding hydrogens is 594 g/mol. The molecule has 1 aromatic heterocycles. The smallest absolute Gasteiger partial charge is 0.269 e. The topological polar surface area (TPSA) is 152 Å². The van der Waals surface area contributed by atoms with Gasteiger partial charge in [0.15, 0.2) is 11.0 Å². The summed E-state index contributed by atoms with van der Waals surface area (Å²) in [6.45, 7) is 5.73. The number of sulfonamides is 1. The number of nitro benzene ring substituents is 1. The number of rotatable bonds is 11. The van der Waals surface area contributed by atoms with Gasteiger partial charge in [-0.2, -0.15) is 4.31 Å². The number of hydrogen-bond donors (Lipinski definition) is 0. The van der Waals surface area contributed by atoms with E-state index in [9.17, 15) is 28.1 Å². The van der Waals surface area contributed by atoms with Gasteiger partial charge < -0.3 is 9.80 Å². The molecule has 1 aliphatic rings. The quantitative estimate of drug-likeness (QED) is 0.134. The molecule has 15 heteroatoms. The monoisotopic (exact) mass is 631 g/mol. The fourth-order valence-electron chi connectivity index (χ4n) is 4.38. The van der Waals surface area contributed by atoms with Crippen molar-refractivity contribution in [2.75, 3.05) is 46.0 Å². The fourth-order valence-corrected chi connectivity index (χ4v) is 6.73. The number of hydrogen-bond acceptors (Lipinski definition) is 9. The van der Waals surface area contributed by atoms with Crippen LogP contribution in [0.15, 0.2) is 58.6 Å². The predicted octanol–water partition coefficient (Wildman–Crippen LogP) is 3.68. The maximum Gasteiger partial charge on any atom is 0.269 e. The number of thioether (sulfide) groups is 1. The highest BCUT2D eigenvalue weighted by atomic mass is 32.2. The Kier molecular flexibility index (Phi) is 12.2. The van der Waals surface area contributed by atoms with Crippen molar-refractivity contribution in [1.29, 1.82) is 0 Å². The summed E-state index contributed by atoms with van der Waals surface area (Å²) in [5.41, 5.74) is 1.00. The highest BCUT2D eigenvalue weighted by Gasteiger charge is 2.25. The molecule has 0 bridgehead atoms. The Morgan fingerprint density at radius 3 is 2.23 bits per heavy atom. The lowest BCUT2D eigenvalue weighted by atomic mass is 10.1. The van der Waals surface area contributed by atoms with Crippen molar-refractivity contribution in [2.45, 2.75) is 43.2 Å². The van der Waals surface area contributed by atoms with Gasteiger partial charge in [-0.15, -0.1) is 10.2 Å². The van der Waals surface area contributed by atoms with E-state index in [1.165, 1.54) is 39.2 Å². The highest BCUT2D eigenvalue weighted by molar-refractivity contribution is 7.99. The Balaban J connectivity index is 0.000000934. The summed E-state index contributed by atoms with van der Waals surface area (Å²) in [5.74, 6) is 0.548. The lowest BCUT2D eigenvalue weighted by molar-refractivity contribution is -0.384.